The Hall–Kier alpha value is -1.77. The third-order valence-electron chi connectivity index (χ3n) is 3.26. The summed E-state index contributed by atoms with van der Waals surface area (Å²) in [6.45, 7) is 1.09. The van der Waals surface area contributed by atoms with E-state index in [-0.39, 0.29) is 5.91 Å². The van der Waals surface area contributed by atoms with Gasteiger partial charge in [-0.2, -0.15) is 0 Å². The van der Waals surface area contributed by atoms with Gasteiger partial charge < -0.3 is 13.9 Å². The highest BCUT2D eigenvalue weighted by Gasteiger charge is 2.14. The van der Waals surface area contributed by atoms with Crippen LogP contribution in [0.1, 0.15) is 10.6 Å². The number of carbonyl (C=O) groups excluding carboxylic acids is 1. The number of halogens is 1. The second-order valence-corrected chi connectivity index (χ2v) is 7.81. The van der Waals surface area contributed by atoms with Crippen LogP contribution in [0.5, 0.6) is 0 Å². The molecule has 0 atom stereocenters. The lowest BCUT2D eigenvalue weighted by molar-refractivity contribution is -0.127. The van der Waals surface area contributed by atoms with Gasteiger partial charge in [-0.15, -0.1) is 21.5 Å². The fourth-order valence-corrected chi connectivity index (χ4v) is 4.03. The van der Waals surface area contributed by atoms with Crippen molar-refractivity contribution in [3.8, 4) is 0 Å². The van der Waals surface area contributed by atoms with Crippen molar-refractivity contribution >= 4 is 40.6 Å². The van der Waals surface area contributed by atoms with Gasteiger partial charge in [0.15, 0.2) is 5.16 Å². The van der Waals surface area contributed by atoms with E-state index in [1.165, 1.54) is 23.1 Å². The van der Waals surface area contributed by atoms with Crippen LogP contribution in [0.4, 0.5) is 0 Å². The normalized spacial score (nSPS) is 10.9. The Morgan fingerprint density at radius 2 is 2.33 bits per heavy atom. The zero-order valence-electron chi connectivity index (χ0n) is 12.9. The first-order valence-electron chi connectivity index (χ1n) is 7.13. The number of furan rings is 1. The third-order valence-corrected chi connectivity index (χ3v) is 5.44. The number of thiophene rings is 1. The fraction of sp³-hybridized carbons (Fsp3) is 0.267. The highest BCUT2D eigenvalue weighted by atomic mass is 35.5. The van der Waals surface area contributed by atoms with Gasteiger partial charge >= 0.3 is 0 Å². The highest BCUT2D eigenvalue weighted by molar-refractivity contribution is 7.99. The van der Waals surface area contributed by atoms with Crippen molar-refractivity contribution in [2.45, 2.75) is 18.2 Å². The SMILES string of the molecule is CN(Cc1ccc(Cl)s1)C(=O)CSc1nncn1Cc1ccco1. The van der Waals surface area contributed by atoms with E-state index in [1.807, 2.05) is 28.8 Å². The van der Waals surface area contributed by atoms with E-state index in [0.717, 1.165) is 15.0 Å². The Morgan fingerprint density at radius 1 is 1.46 bits per heavy atom. The summed E-state index contributed by atoms with van der Waals surface area (Å²) in [5.41, 5.74) is 0. The van der Waals surface area contributed by atoms with Crippen LogP contribution in [0, 0.1) is 0 Å². The lowest BCUT2D eigenvalue weighted by Gasteiger charge is -2.15. The summed E-state index contributed by atoms with van der Waals surface area (Å²) in [7, 11) is 1.78. The number of thioether (sulfide) groups is 1. The molecule has 3 heterocycles. The van der Waals surface area contributed by atoms with Crippen LogP contribution in [-0.4, -0.2) is 38.4 Å². The molecule has 126 valence electrons. The minimum absolute atomic E-state index is 0.0251. The molecular formula is C15H15ClN4O2S2. The van der Waals surface area contributed by atoms with Gasteiger partial charge in [-0.05, 0) is 24.3 Å². The van der Waals surface area contributed by atoms with E-state index in [1.54, 1.807) is 24.5 Å². The minimum atomic E-state index is 0.0251. The molecule has 0 N–H and O–H groups in total. The van der Waals surface area contributed by atoms with E-state index < -0.39 is 0 Å². The van der Waals surface area contributed by atoms with Gasteiger partial charge in [-0.3, -0.25) is 4.79 Å². The molecule has 3 aromatic heterocycles. The first-order chi connectivity index (χ1) is 11.6. The quantitative estimate of drug-likeness (QED) is 0.586. The summed E-state index contributed by atoms with van der Waals surface area (Å²) < 4.78 is 7.91. The molecule has 6 nitrogen and oxygen atoms in total. The average molecular weight is 383 g/mol. The Labute approximate surface area is 152 Å². The van der Waals surface area contributed by atoms with E-state index in [0.29, 0.717) is 24.0 Å². The molecule has 0 saturated carbocycles. The number of nitrogens with zero attached hydrogens (tertiary/aromatic N) is 4. The number of hydrogen-bond acceptors (Lipinski definition) is 6. The molecule has 0 fully saturated rings. The van der Waals surface area contributed by atoms with Crippen LogP contribution < -0.4 is 0 Å². The molecule has 9 heteroatoms. The summed E-state index contributed by atoms with van der Waals surface area (Å²) in [4.78, 5) is 15.0. The van der Waals surface area contributed by atoms with Gasteiger partial charge in [0.1, 0.15) is 12.1 Å². The maximum Gasteiger partial charge on any atom is 0.233 e. The number of amides is 1. The van der Waals surface area contributed by atoms with Crippen LogP contribution in [0.25, 0.3) is 0 Å². The van der Waals surface area contributed by atoms with Gasteiger partial charge in [0.25, 0.3) is 0 Å². The minimum Gasteiger partial charge on any atom is -0.467 e. The summed E-state index contributed by atoms with van der Waals surface area (Å²) >= 11 is 8.76. The average Bonchev–Trinajstić information content (AvgIpc) is 3.29. The predicted octanol–water partition coefficient (Wildman–Crippen LogP) is 3.39. The van der Waals surface area contributed by atoms with Crippen molar-refractivity contribution in [2.24, 2.45) is 0 Å². The second kappa shape index (κ2) is 7.87. The first-order valence-corrected chi connectivity index (χ1v) is 9.31. The van der Waals surface area contributed by atoms with Crippen LogP contribution in [0.15, 0.2) is 46.4 Å². The van der Waals surface area contributed by atoms with Gasteiger partial charge in [0.2, 0.25) is 5.91 Å². The third kappa shape index (κ3) is 4.40. The van der Waals surface area contributed by atoms with Crippen LogP contribution >= 0.6 is 34.7 Å². The maximum absolute atomic E-state index is 12.3. The fourth-order valence-electron chi connectivity index (χ4n) is 2.03. The van der Waals surface area contributed by atoms with Crippen molar-refractivity contribution < 1.29 is 9.21 Å². The molecule has 0 aliphatic carbocycles. The topological polar surface area (TPSA) is 64.2 Å². The summed E-state index contributed by atoms with van der Waals surface area (Å²) in [5, 5.41) is 8.66. The standard InChI is InChI=1S/C15H15ClN4O2S2/c1-19(8-12-4-5-13(16)24-12)14(21)9-23-15-18-17-10-20(15)7-11-3-2-6-22-11/h2-6,10H,7-9H2,1H3. The summed E-state index contributed by atoms with van der Waals surface area (Å²) in [6.07, 6.45) is 3.26. The lowest BCUT2D eigenvalue weighted by Crippen LogP contribution is -2.27. The molecule has 0 aliphatic heterocycles. The summed E-state index contributed by atoms with van der Waals surface area (Å²) in [5.74, 6) is 1.14. The number of carbonyl (C=O) groups is 1. The largest absolute Gasteiger partial charge is 0.467 e. The highest BCUT2D eigenvalue weighted by Crippen LogP contribution is 2.23. The lowest BCUT2D eigenvalue weighted by atomic mass is 10.4. The number of hydrogen-bond donors (Lipinski definition) is 0. The molecule has 24 heavy (non-hydrogen) atoms. The monoisotopic (exact) mass is 382 g/mol. The molecule has 0 spiro atoms. The van der Waals surface area contributed by atoms with Crippen molar-refractivity contribution in [3.63, 3.8) is 0 Å². The van der Waals surface area contributed by atoms with Gasteiger partial charge in [0, 0.05) is 11.9 Å². The molecule has 0 unspecified atom stereocenters. The molecule has 0 bridgehead atoms. The van der Waals surface area contributed by atoms with Crippen molar-refractivity contribution in [2.75, 3.05) is 12.8 Å². The zero-order chi connectivity index (χ0) is 16.9. The van der Waals surface area contributed by atoms with E-state index in [4.69, 9.17) is 16.0 Å². The van der Waals surface area contributed by atoms with Crippen LogP contribution in [0.3, 0.4) is 0 Å². The van der Waals surface area contributed by atoms with E-state index >= 15 is 0 Å². The van der Waals surface area contributed by atoms with E-state index in [2.05, 4.69) is 10.2 Å². The number of rotatable bonds is 7. The Balaban J connectivity index is 1.53. The maximum atomic E-state index is 12.3. The van der Waals surface area contributed by atoms with E-state index in [9.17, 15) is 4.79 Å². The van der Waals surface area contributed by atoms with Gasteiger partial charge in [-0.1, -0.05) is 23.4 Å². The molecule has 3 aromatic rings. The zero-order valence-corrected chi connectivity index (χ0v) is 15.3. The second-order valence-electron chi connectivity index (χ2n) is 5.07. The molecule has 0 saturated heterocycles. The molecule has 3 rings (SSSR count). The van der Waals surface area contributed by atoms with Gasteiger partial charge in [-0.25, -0.2) is 0 Å². The Morgan fingerprint density at radius 3 is 3.04 bits per heavy atom. The van der Waals surface area contributed by atoms with Crippen molar-refractivity contribution in [3.05, 3.63) is 51.8 Å². The number of aromatic nitrogens is 3. The van der Waals surface area contributed by atoms with Gasteiger partial charge in [0.05, 0.1) is 29.4 Å². The van der Waals surface area contributed by atoms with Crippen molar-refractivity contribution in [1.29, 1.82) is 0 Å². The molecular weight excluding hydrogens is 368 g/mol. The Bertz CT molecular complexity index is 800. The van der Waals surface area contributed by atoms with Crippen LogP contribution in [0.2, 0.25) is 4.34 Å². The predicted molar refractivity (Wildman–Crippen MR) is 94.4 cm³/mol. The summed E-state index contributed by atoms with van der Waals surface area (Å²) in [6, 6.07) is 7.50. The first kappa shape index (κ1) is 17.1. The molecule has 0 aliphatic rings. The molecule has 0 aromatic carbocycles. The molecule has 1 amide bonds. The smallest absolute Gasteiger partial charge is 0.233 e. The Kier molecular flexibility index (Phi) is 5.60. The van der Waals surface area contributed by atoms with Crippen LogP contribution in [-0.2, 0) is 17.9 Å². The molecule has 0 radical (unpaired) electrons. The van der Waals surface area contributed by atoms with Crippen molar-refractivity contribution in [1.82, 2.24) is 19.7 Å².